The Morgan fingerprint density at radius 3 is 3.06 bits per heavy atom. The molecule has 1 atom stereocenters. The van der Waals surface area contributed by atoms with Crippen LogP contribution in [0.4, 0.5) is 5.82 Å². The molecule has 0 bridgehead atoms. The van der Waals surface area contributed by atoms with Crippen molar-refractivity contribution in [3.8, 4) is 0 Å². The molecule has 1 saturated heterocycles. The van der Waals surface area contributed by atoms with Gasteiger partial charge in [-0.15, -0.1) is 0 Å². The molecule has 17 heavy (non-hydrogen) atoms. The highest BCUT2D eigenvalue weighted by molar-refractivity contribution is 9.10. The standard InChI is InChI=1S/C12H16BrN3O/c1-12(6-2-3-8-15-12)11(17)16-10-9(13)5-4-7-14-10/h4-5,7,15H,2-3,6,8H2,1H3,(H,14,16,17). The second-order valence-corrected chi connectivity index (χ2v) is 5.36. The van der Waals surface area contributed by atoms with E-state index in [1.165, 1.54) is 0 Å². The number of aromatic nitrogens is 1. The summed E-state index contributed by atoms with van der Waals surface area (Å²) in [7, 11) is 0. The van der Waals surface area contributed by atoms with Crippen LogP contribution in [0.5, 0.6) is 0 Å². The van der Waals surface area contributed by atoms with Crippen molar-refractivity contribution in [3.05, 3.63) is 22.8 Å². The van der Waals surface area contributed by atoms with Crippen molar-refractivity contribution in [2.24, 2.45) is 0 Å². The van der Waals surface area contributed by atoms with Gasteiger partial charge in [0.25, 0.3) is 0 Å². The van der Waals surface area contributed by atoms with Gasteiger partial charge in [-0.05, 0) is 60.8 Å². The minimum Gasteiger partial charge on any atom is -0.308 e. The summed E-state index contributed by atoms with van der Waals surface area (Å²) in [4.78, 5) is 16.3. The van der Waals surface area contributed by atoms with Crippen LogP contribution in [0.3, 0.4) is 0 Å². The molecule has 1 aromatic heterocycles. The number of nitrogens with zero attached hydrogens (tertiary/aromatic N) is 1. The Bertz CT molecular complexity index is 416. The van der Waals surface area contributed by atoms with Crippen molar-refractivity contribution in [3.63, 3.8) is 0 Å². The highest BCUT2D eigenvalue weighted by Gasteiger charge is 2.34. The molecule has 5 heteroatoms. The number of nitrogens with one attached hydrogen (secondary N) is 2. The normalized spacial score (nSPS) is 24.4. The molecule has 0 aliphatic carbocycles. The van der Waals surface area contributed by atoms with Gasteiger partial charge in [-0.1, -0.05) is 0 Å². The average molecular weight is 298 g/mol. The van der Waals surface area contributed by atoms with E-state index in [0.29, 0.717) is 5.82 Å². The van der Waals surface area contributed by atoms with E-state index in [9.17, 15) is 4.79 Å². The summed E-state index contributed by atoms with van der Waals surface area (Å²) < 4.78 is 0.799. The number of rotatable bonds is 2. The zero-order valence-electron chi connectivity index (χ0n) is 9.79. The van der Waals surface area contributed by atoms with E-state index in [0.717, 1.165) is 30.3 Å². The SMILES string of the molecule is CC1(C(=O)Nc2ncccc2Br)CCCCN1. The lowest BCUT2D eigenvalue weighted by atomic mass is 9.90. The molecule has 1 aromatic rings. The van der Waals surface area contributed by atoms with Crippen molar-refractivity contribution < 1.29 is 4.79 Å². The number of anilines is 1. The number of hydrogen-bond donors (Lipinski definition) is 2. The highest BCUT2D eigenvalue weighted by Crippen LogP contribution is 2.23. The van der Waals surface area contributed by atoms with Crippen LogP contribution in [0.1, 0.15) is 26.2 Å². The molecule has 0 radical (unpaired) electrons. The Hall–Kier alpha value is -0.940. The molecule has 4 nitrogen and oxygen atoms in total. The summed E-state index contributed by atoms with van der Waals surface area (Å²) in [6, 6.07) is 3.68. The fourth-order valence-corrected chi connectivity index (χ4v) is 2.33. The van der Waals surface area contributed by atoms with Crippen LogP contribution in [0.2, 0.25) is 0 Å². The van der Waals surface area contributed by atoms with Crippen LogP contribution in [0.15, 0.2) is 22.8 Å². The van der Waals surface area contributed by atoms with Gasteiger partial charge in [-0.3, -0.25) is 4.79 Å². The minimum atomic E-state index is -0.477. The van der Waals surface area contributed by atoms with Crippen molar-refractivity contribution >= 4 is 27.7 Å². The molecule has 1 aliphatic heterocycles. The molecule has 0 spiro atoms. The van der Waals surface area contributed by atoms with Gasteiger partial charge in [0.1, 0.15) is 5.82 Å². The van der Waals surface area contributed by atoms with Gasteiger partial charge in [-0.2, -0.15) is 0 Å². The molecule has 2 N–H and O–H groups in total. The number of hydrogen-bond acceptors (Lipinski definition) is 3. The Morgan fingerprint density at radius 1 is 1.59 bits per heavy atom. The molecular weight excluding hydrogens is 282 g/mol. The van der Waals surface area contributed by atoms with E-state index >= 15 is 0 Å². The summed E-state index contributed by atoms with van der Waals surface area (Å²) in [5.41, 5.74) is -0.477. The molecule has 1 fully saturated rings. The average Bonchev–Trinajstić information content (AvgIpc) is 2.33. The second kappa shape index (κ2) is 5.14. The number of carbonyl (C=O) groups is 1. The number of pyridine rings is 1. The number of halogens is 1. The van der Waals surface area contributed by atoms with E-state index in [2.05, 4.69) is 31.5 Å². The molecular formula is C12H16BrN3O. The molecule has 1 amide bonds. The molecule has 0 saturated carbocycles. The summed E-state index contributed by atoms with van der Waals surface area (Å²) >= 11 is 3.37. The Kier molecular flexibility index (Phi) is 3.79. The van der Waals surface area contributed by atoms with E-state index in [1.807, 2.05) is 19.1 Å². The lowest BCUT2D eigenvalue weighted by molar-refractivity contribution is -0.122. The van der Waals surface area contributed by atoms with Gasteiger partial charge < -0.3 is 10.6 Å². The third-order valence-electron chi connectivity index (χ3n) is 3.11. The molecule has 92 valence electrons. The number of carbonyl (C=O) groups excluding carboxylic acids is 1. The topological polar surface area (TPSA) is 54.0 Å². The predicted octanol–water partition coefficient (Wildman–Crippen LogP) is 2.31. The third kappa shape index (κ3) is 2.84. The van der Waals surface area contributed by atoms with Crippen LogP contribution in [-0.4, -0.2) is 23.0 Å². The smallest absolute Gasteiger partial charge is 0.245 e. The summed E-state index contributed by atoms with van der Waals surface area (Å²) in [5.74, 6) is 0.558. The number of piperidine rings is 1. The van der Waals surface area contributed by atoms with E-state index in [-0.39, 0.29) is 5.91 Å². The lowest BCUT2D eigenvalue weighted by Gasteiger charge is -2.33. The van der Waals surface area contributed by atoms with E-state index < -0.39 is 5.54 Å². The van der Waals surface area contributed by atoms with Crippen LogP contribution >= 0.6 is 15.9 Å². The fourth-order valence-electron chi connectivity index (χ4n) is 1.97. The second-order valence-electron chi connectivity index (χ2n) is 4.50. The fraction of sp³-hybridized carbons (Fsp3) is 0.500. The lowest BCUT2D eigenvalue weighted by Crippen LogP contribution is -2.54. The molecule has 2 heterocycles. The molecule has 2 rings (SSSR count). The monoisotopic (exact) mass is 297 g/mol. The molecule has 0 aromatic carbocycles. The summed E-state index contributed by atoms with van der Waals surface area (Å²) in [5, 5.41) is 6.14. The van der Waals surface area contributed by atoms with Crippen molar-refractivity contribution in [1.29, 1.82) is 0 Å². The highest BCUT2D eigenvalue weighted by atomic mass is 79.9. The minimum absolute atomic E-state index is 0.0170. The first-order valence-electron chi connectivity index (χ1n) is 5.79. The van der Waals surface area contributed by atoms with Crippen LogP contribution in [-0.2, 0) is 4.79 Å². The predicted molar refractivity (Wildman–Crippen MR) is 70.8 cm³/mol. The van der Waals surface area contributed by atoms with Gasteiger partial charge >= 0.3 is 0 Å². The van der Waals surface area contributed by atoms with Gasteiger partial charge in [0.2, 0.25) is 5.91 Å². The summed E-state index contributed by atoms with van der Waals surface area (Å²) in [6.07, 6.45) is 4.75. The molecule has 1 unspecified atom stereocenters. The van der Waals surface area contributed by atoms with Gasteiger partial charge in [0.15, 0.2) is 0 Å². The maximum atomic E-state index is 12.2. The van der Waals surface area contributed by atoms with Crippen molar-refractivity contribution in [2.75, 3.05) is 11.9 Å². The Labute approximate surface area is 109 Å². The Balaban J connectivity index is 2.08. The van der Waals surface area contributed by atoms with Crippen LogP contribution < -0.4 is 10.6 Å². The van der Waals surface area contributed by atoms with Crippen LogP contribution in [0.25, 0.3) is 0 Å². The Morgan fingerprint density at radius 2 is 2.41 bits per heavy atom. The zero-order chi connectivity index (χ0) is 12.3. The van der Waals surface area contributed by atoms with E-state index in [1.54, 1.807) is 6.20 Å². The molecule has 1 aliphatic rings. The maximum absolute atomic E-state index is 12.2. The zero-order valence-corrected chi connectivity index (χ0v) is 11.4. The van der Waals surface area contributed by atoms with Gasteiger partial charge in [0.05, 0.1) is 10.0 Å². The van der Waals surface area contributed by atoms with E-state index in [4.69, 9.17) is 0 Å². The first-order chi connectivity index (χ1) is 8.12. The first-order valence-corrected chi connectivity index (χ1v) is 6.58. The number of amides is 1. The van der Waals surface area contributed by atoms with Crippen molar-refractivity contribution in [1.82, 2.24) is 10.3 Å². The first kappa shape index (κ1) is 12.5. The quantitative estimate of drug-likeness (QED) is 0.881. The third-order valence-corrected chi connectivity index (χ3v) is 3.75. The van der Waals surface area contributed by atoms with Gasteiger partial charge in [0, 0.05) is 6.20 Å². The van der Waals surface area contributed by atoms with Gasteiger partial charge in [-0.25, -0.2) is 4.98 Å². The largest absolute Gasteiger partial charge is 0.308 e. The van der Waals surface area contributed by atoms with Crippen molar-refractivity contribution in [2.45, 2.75) is 31.7 Å². The summed E-state index contributed by atoms with van der Waals surface area (Å²) in [6.45, 7) is 2.84. The van der Waals surface area contributed by atoms with Crippen LogP contribution in [0, 0.1) is 0 Å². The maximum Gasteiger partial charge on any atom is 0.245 e.